The highest BCUT2D eigenvalue weighted by Crippen LogP contribution is 2.25. The number of nitrogens with one attached hydrogen (secondary N) is 1. The smallest absolute Gasteiger partial charge is 0.271 e. The number of rotatable bonds is 5. The largest absolute Gasteiger partial charge is 0.396 e. The van der Waals surface area contributed by atoms with Crippen molar-refractivity contribution in [1.82, 2.24) is 9.97 Å². The zero-order valence-electron chi connectivity index (χ0n) is 16.0. The average Bonchev–Trinajstić information content (AvgIpc) is 2.65. The molecule has 2 N–H and O–H groups in total. The van der Waals surface area contributed by atoms with E-state index in [0.717, 1.165) is 49.0 Å². The molecule has 2 aromatic rings. The molecule has 0 unspecified atom stereocenters. The van der Waals surface area contributed by atoms with E-state index < -0.39 is 0 Å². The molecular formula is C21H26N4O2. The van der Waals surface area contributed by atoms with E-state index in [4.69, 9.17) is 5.11 Å². The highest BCUT2D eigenvalue weighted by molar-refractivity contribution is 5.53. The van der Waals surface area contributed by atoms with Crippen LogP contribution in [-0.2, 0) is 6.42 Å². The molecule has 27 heavy (non-hydrogen) atoms. The molecule has 1 aromatic heterocycles. The Hall–Kier alpha value is -2.65. The highest BCUT2D eigenvalue weighted by Gasteiger charge is 2.24. The molecule has 3 rings (SSSR count). The summed E-state index contributed by atoms with van der Waals surface area (Å²) in [5.41, 5.74) is 3.15. The maximum absolute atomic E-state index is 12.5. The molecule has 142 valence electrons. The van der Waals surface area contributed by atoms with Gasteiger partial charge in [-0.05, 0) is 50.2 Å². The van der Waals surface area contributed by atoms with Crippen molar-refractivity contribution in [2.24, 2.45) is 5.92 Å². The summed E-state index contributed by atoms with van der Waals surface area (Å²) in [7, 11) is 0. The second kappa shape index (κ2) is 8.36. The summed E-state index contributed by atoms with van der Waals surface area (Å²) in [5, 5.41) is 18.6. The fourth-order valence-corrected chi connectivity index (χ4v) is 3.71. The van der Waals surface area contributed by atoms with Crippen LogP contribution in [0.2, 0.25) is 0 Å². The van der Waals surface area contributed by atoms with Gasteiger partial charge < -0.3 is 15.0 Å². The van der Waals surface area contributed by atoms with Crippen molar-refractivity contribution in [1.29, 1.82) is 5.26 Å². The number of aromatic nitrogens is 2. The van der Waals surface area contributed by atoms with E-state index >= 15 is 0 Å². The van der Waals surface area contributed by atoms with Gasteiger partial charge in [-0.1, -0.05) is 23.8 Å². The normalized spacial score (nSPS) is 15.0. The number of aryl methyl sites for hydroxylation is 2. The quantitative estimate of drug-likeness (QED) is 0.848. The molecule has 0 spiro atoms. The van der Waals surface area contributed by atoms with Gasteiger partial charge in [0.2, 0.25) is 0 Å². The number of aliphatic hydroxyl groups excluding tert-OH is 1. The minimum atomic E-state index is -0.375. The lowest BCUT2D eigenvalue weighted by atomic mass is 9.94. The maximum atomic E-state index is 12.5. The third kappa shape index (κ3) is 4.37. The molecule has 6 nitrogen and oxygen atoms in total. The lowest BCUT2D eigenvalue weighted by Crippen LogP contribution is -2.36. The number of hydrogen-bond acceptors (Lipinski definition) is 5. The van der Waals surface area contributed by atoms with Crippen molar-refractivity contribution in [3.8, 4) is 6.07 Å². The minimum Gasteiger partial charge on any atom is -0.396 e. The first-order valence-electron chi connectivity index (χ1n) is 9.47. The molecule has 2 heterocycles. The van der Waals surface area contributed by atoms with Crippen LogP contribution in [-0.4, -0.2) is 34.8 Å². The second-order valence-electron chi connectivity index (χ2n) is 7.37. The van der Waals surface area contributed by atoms with Crippen molar-refractivity contribution in [3.05, 3.63) is 56.6 Å². The number of nitriles is 1. The van der Waals surface area contributed by atoms with Gasteiger partial charge in [-0.15, -0.1) is 0 Å². The minimum absolute atomic E-state index is 0.0836. The molecule has 1 aromatic carbocycles. The number of anilines is 1. The Balaban J connectivity index is 1.89. The molecule has 0 atom stereocenters. The Morgan fingerprint density at radius 3 is 2.74 bits per heavy atom. The number of benzene rings is 1. The topological polar surface area (TPSA) is 93.0 Å². The summed E-state index contributed by atoms with van der Waals surface area (Å²) in [4.78, 5) is 21.9. The molecule has 1 saturated heterocycles. The monoisotopic (exact) mass is 366 g/mol. The predicted octanol–water partition coefficient (Wildman–Crippen LogP) is 2.45. The van der Waals surface area contributed by atoms with Gasteiger partial charge in [-0.3, -0.25) is 4.79 Å². The van der Waals surface area contributed by atoms with E-state index in [0.29, 0.717) is 24.0 Å². The van der Waals surface area contributed by atoms with Gasteiger partial charge in [-0.2, -0.15) is 5.26 Å². The first-order valence-corrected chi connectivity index (χ1v) is 9.47. The zero-order valence-corrected chi connectivity index (χ0v) is 16.0. The number of aliphatic hydroxyl groups is 1. The van der Waals surface area contributed by atoms with Crippen molar-refractivity contribution >= 4 is 5.82 Å². The molecule has 0 aliphatic carbocycles. The molecule has 0 radical (unpaired) electrons. The van der Waals surface area contributed by atoms with Crippen molar-refractivity contribution in [3.63, 3.8) is 0 Å². The fraction of sp³-hybridized carbons (Fsp3) is 0.476. The standard InChI is InChI=1S/C21H26N4O2/c1-14-3-4-15(2)17(11-14)12-19-23-20(18(13-22)21(27)24-19)25-8-5-16(6-9-25)7-10-26/h3-4,11,16,26H,5-10,12H2,1-2H3,(H,23,24,27). The van der Waals surface area contributed by atoms with Crippen LogP contribution in [0, 0.1) is 31.1 Å². The fourth-order valence-electron chi connectivity index (χ4n) is 3.71. The van der Waals surface area contributed by atoms with Crippen LogP contribution in [0.3, 0.4) is 0 Å². The van der Waals surface area contributed by atoms with E-state index in [1.807, 2.05) is 24.8 Å². The molecular weight excluding hydrogens is 340 g/mol. The van der Waals surface area contributed by atoms with Crippen LogP contribution in [0.25, 0.3) is 0 Å². The first-order chi connectivity index (χ1) is 13.0. The maximum Gasteiger partial charge on any atom is 0.271 e. The number of hydrogen-bond donors (Lipinski definition) is 2. The summed E-state index contributed by atoms with van der Waals surface area (Å²) in [6.07, 6.45) is 3.21. The van der Waals surface area contributed by atoms with Crippen LogP contribution >= 0.6 is 0 Å². The van der Waals surface area contributed by atoms with E-state index in [2.05, 4.69) is 28.2 Å². The predicted molar refractivity (Wildman–Crippen MR) is 105 cm³/mol. The Bertz CT molecular complexity index is 905. The molecule has 1 aliphatic rings. The number of H-pyrrole nitrogens is 1. The van der Waals surface area contributed by atoms with Crippen LogP contribution in [0.1, 0.15) is 47.3 Å². The number of nitrogens with zero attached hydrogens (tertiary/aromatic N) is 3. The van der Waals surface area contributed by atoms with E-state index in [1.54, 1.807) is 0 Å². The van der Waals surface area contributed by atoms with Gasteiger partial charge in [0.05, 0.1) is 0 Å². The summed E-state index contributed by atoms with van der Waals surface area (Å²) in [5.74, 6) is 1.57. The third-order valence-electron chi connectivity index (χ3n) is 5.38. The molecule has 0 bridgehead atoms. The van der Waals surface area contributed by atoms with E-state index in [9.17, 15) is 10.1 Å². The Morgan fingerprint density at radius 1 is 1.33 bits per heavy atom. The van der Waals surface area contributed by atoms with Crippen LogP contribution in [0.4, 0.5) is 5.82 Å². The van der Waals surface area contributed by atoms with Gasteiger partial charge in [-0.25, -0.2) is 4.98 Å². The Labute approximate surface area is 159 Å². The van der Waals surface area contributed by atoms with Crippen molar-refractivity contribution in [2.75, 3.05) is 24.6 Å². The van der Waals surface area contributed by atoms with E-state index in [-0.39, 0.29) is 17.7 Å². The van der Waals surface area contributed by atoms with Crippen molar-refractivity contribution in [2.45, 2.75) is 39.5 Å². The first kappa shape index (κ1) is 19.1. The van der Waals surface area contributed by atoms with Crippen LogP contribution in [0.15, 0.2) is 23.0 Å². The van der Waals surface area contributed by atoms with Crippen LogP contribution < -0.4 is 10.5 Å². The Kier molecular flexibility index (Phi) is 5.92. The Morgan fingerprint density at radius 2 is 2.07 bits per heavy atom. The van der Waals surface area contributed by atoms with Gasteiger partial charge in [0.25, 0.3) is 5.56 Å². The van der Waals surface area contributed by atoms with Crippen molar-refractivity contribution < 1.29 is 5.11 Å². The van der Waals surface area contributed by atoms with Crippen LogP contribution in [0.5, 0.6) is 0 Å². The van der Waals surface area contributed by atoms with Gasteiger partial charge in [0, 0.05) is 26.1 Å². The van der Waals surface area contributed by atoms with E-state index in [1.165, 1.54) is 0 Å². The number of piperidine rings is 1. The van der Waals surface area contributed by atoms with Gasteiger partial charge in [0.1, 0.15) is 11.9 Å². The summed E-state index contributed by atoms with van der Waals surface area (Å²) < 4.78 is 0. The molecule has 1 aliphatic heterocycles. The summed E-state index contributed by atoms with van der Waals surface area (Å²) in [6, 6.07) is 8.26. The second-order valence-corrected chi connectivity index (χ2v) is 7.37. The third-order valence-corrected chi connectivity index (χ3v) is 5.38. The zero-order chi connectivity index (χ0) is 19.4. The SMILES string of the molecule is Cc1ccc(C)c(Cc2nc(N3CCC(CCO)CC3)c(C#N)c(=O)[nH]2)c1. The van der Waals surface area contributed by atoms with Gasteiger partial charge in [0.15, 0.2) is 11.4 Å². The average molecular weight is 366 g/mol. The summed E-state index contributed by atoms with van der Waals surface area (Å²) in [6.45, 7) is 5.79. The van der Waals surface area contributed by atoms with Gasteiger partial charge >= 0.3 is 0 Å². The molecule has 6 heteroatoms. The molecule has 0 amide bonds. The molecule has 1 fully saturated rings. The summed E-state index contributed by atoms with van der Waals surface area (Å²) >= 11 is 0. The number of aromatic amines is 1. The highest BCUT2D eigenvalue weighted by atomic mass is 16.3. The lowest BCUT2D eigenvalue weighted by Gasteiger charge is -2.33. The molecule has 0 saturated carbocycles. The lowest BCUT2D eigenvalue weighted by molar-refractivity contribution is 0.240.